The largest absolute Gasteiger partial charge is 0.390 e. The predicted octanol–water partition coefficient (Wildman–Crippen LogP) is 2.75. The van der Waals surface area contributed by atoms with Crippen molar-refractivity contribution >= 4 is 17.7 Å². The van der Waals surface area contributed by atoms with E-state index < -0.39 is 24.0 Å². The van der Waals surface area contributed by atoms with Crippen LogP contribution in [-0.2, 0) is 4.79 Å². The molecule has 0 heterocycles. The summed E-state index contributed by atoms with van der Waals surface area (Å²) in [5.74, 6) is -1.66. The van der Waals surface area contributed by atoms with Gasteiger partial charge in [0.25, 0.3) is 11.8 Å². The number of hydrogen-bond donors (Lipinski definition) is 4. The van der Waals surface area contributed by atoms with Crippen LogP contribution in [0.25, 0.3) is 0 Å². The molecule has 3 atom stereocenters. The van der Waals surface area contributed by atoms with Gasteiger partial charge in [0.2, 0.25) is 5.91 Å². The van der Waals surface area contributed by atoms with E-state index in [4.69, 9.17) is 0 Å². The maximum absolute atomic E-state index is 13.0. The molecule has 0 aliphatic heterocycles. The minimum atomic E-state index is -1.34. The molecule has 4 N–H and O–H groups in total. The van der Waals surface area contributed by atoms with Crippen molar-refractivity contribution in [3.63, 3.8) is 0 Å². The van der Waals surface area contributed by atoms with Gasteiger partial charge >= 0.3 is 0 Å². The Kier molecular flexibility index (Phi) is 13.0. The highest BCUT2D eigenvalue weighted by molar-refractivity contribution is 6.00. The standard InChI is InChI=1S/C27H45N3O5/c1-8-10-30(11-9-2)27(35)21-13-19(7)12-20(14-21)25(33)29-16-22(31)24(32)23(18(5)6)26(34)28-15-17(3)4/h12-14,17-18,22-24,31-32H,8-11,15-16H2,1-7H3,(H,28,34)(H,29,33). The van der Waals surface area contributed by atoms with Crippen molar-refractivity contribution in [1.82, 2.24) is 15.5 Å². The van der Waals surface area contributed by atoms with E-state index >= 15 is 0 Å². The fourth-order valence-electron chi connectivity index (χ4n) is 4.01. The lowest BCUT2D eigenvalue weighted by Crippen LogP contribution is -2.49. The van der Waals surface area contributed by atoms with Crippen LogP contribution in [0.2, 0.25) is 0 Å². The van der Waals surface area contributed by atoms with Crippen LogP contribution < -0.4 is 10.6 Å². The van der Waals surface area contributed by atoms with Gasteiger partial charge in [-0.2, -0.15) is 0 Å². The van der Waals surface area contributed by atoms with Gasteiger partial charge in [-0.05, 0) is 55.4 Å². The van der Waals surface area contributed by atoms with Crippen LogP contribution in [-0.4, -0.2) is 71.2 Å². The summed E-state index contributed by atoms with van der Waals surface area (Å²) in [5.41, 5.74) is 1.52. The second-order valence-corrected chi connectivity index (χ2v) is 10.1. The summed E-state index contributed by atoms with van der Waals surface area (Å²) in [7, 11) is 0. The van der Waals surface area contributed by atoms with Crippen molar-refractivity contribution < 1.29 is 24.6 Å². The number of carbonyl (C=O) groups is 3. The summed E-state index contributed by atoms with van der Waals surface area (Å²) in [4.78, 5) is 40.2. The van der Waals surface area contributed by atoms with Crippen molar-refractivity contribution in [3.05, 3.63) is 34.9 Å². The van der Waals surface area contributed by atoms with E-state index in [1.165, 1.54) is 0 Å². The molecule has 1 rings (SSSR count). The predicted molar refractivity (Wildman–Crippen MR) is 138 cm³/mol. The fourth-order valence-corrected chi connectivity index (χ4v) is 4.01. The summed E-state index contributed by atoms with van der Waals surface area (Å²) in [5, 5.41) is 26.7. The zero-order valence-corrected chi connectivity index (χ0v) is 22.4. The summed E-state index contributed by atoms with van der Waals surface area (Å²) in [6.07, 6.45) is -0.976. The Morgan fingerprint density at radius 1 is 0.886 bits per heavy atom. The number of nitrogens with zero attached hydrogens (tertiary/aromatic N) is 1. The van der Waals surface area contributed by atoms with E-state index in [9.17, 15) is 24.6 Å². The topological polar surface area (TPSA) is 119 Å². The van der Waals surface area contributed by atoms with Crippen molar-refractivity contribution in [3.8, 4) is 0 Å². The summed E-state index contributed by atoms with van der Waals surface area (Å²) in [6, 6.07) is 5.00. The third kappa shape index (κ3) is 9.61. The summed E-state index contributed by atoms with van der Waals surface area (Å²) in [6.45, 7) is 15.0. The first-order chi connectivity index (χ1) is 16.4. The van der Waals surface area contributed by atoms with Crippen LogP contribution in [0.1, 0.15) is 80.7 Å². The third-order valence-electron chi connectivity index (χ3n) is 5.80. The molecule has 8 heteroatoms. The Balaban J connectivity index is 2.91. The average Bonchev–Trinajstić information content (AvgIpc) is 2.79. The molecule has 3 unspecified atom stereocenters. The molecule has 0 aliphatic rings. The minimum absolute atomic E-state index is 0.117. The monoisotopic (exact) mass is 491 g/mol. The van der Waals surface area contributed by atoms with Crippen LogP contribution in [0.3, 0.4) is 0 Å². The zero-order valence-electron chi connectivity index (χ0n) is 22.4. The Morgan fingerprint density at radius 2 is 1.46 bits per heavy atom. The molecular weight excluding hydrogens is 446 g/mol. The van der Waals surface area contributed by atoms with Crippen LogP contribution in [0.15, 0.2) is 18.2 Å². The number of rotatable bonds is 14. The second kappa shape index (κ2) is 14.8. The highest BCUT2D eigenvalue weighted by Crippen LogP contribution is 2.19. The molecule has 3 amide bonds. The molecule has 1 aromatic rings. The number of aryl methyl sites for hydroxylation is 1. The Hall–Kier alpha value is -2.45. The van der Waals surface area contributed by atoms with Gasteiger partial charge in [0.1, 0.15) is 0 Å². The second-order valence-electron chi connectivity index (χ2n) is 10.1. The minimum Gasteiger partial charge on any atom is -0.390 e. The highest BCUT2D eigenvalue weighted by atomic mass is 16.3. The number of benzene rings is 1. The van der Waals surface area contributed by atoms with Crippen LogP contribution >= 0.6 is 0 Å². The van der Waals surface area contributed by atoms with Gasteiger partial charge < -0.3 is 25.7 Å². The number of carbonyl (C=O) groups excluding carboxylic acids is 3. The van der Waals surface area contributed by atoms with E-state index in [1.54, 1.807) is 36.9 Å². The maximum Gasteiger partial charge on any atom is 0.253 e. The third-order valence-corrected chi connectivity index (χ3v) is 5.80. The first-order valence-electron chi connectivity index (χ1n) is 12.8. The molecule has 0 saturated carbocycles. The van der Waals surface area contributed by atoms with E-state index in [0.717, 1.165) is 18.4 Å². The number of aliphatic hydroxyl groups excluding tert-OH is 2. The molecule has 0 fully saturated rings. The summed E-state index contributed by atoms with van der Waals surface area (Å²) < 4.78 is 0. The van der Waals surface area contributed by atoms with Gasteiger partial charge in [0.15, 0.2) is 0 Å². The molecule has 35 heavy (non-hydrogen) atoms. The lowest BCUT2D eigenvalue weighted by atomic mass is 9.86. The molecule has 0 spiro atoms. The van der Waals surface area contributed by atoms with Gasteiger partial charge in [-0.25, -0.2) is 0 Å². The van der Waals surface area contributed by atoms with Crippen molar-refractivity contribution in [2.45, 2.75) is 73.5 Å². The smallest absolute Gasteiger partial charge is 0.253 e. The molecule has 0 radical (unpaired) electrons. The quantitative estimate of drug-likeness (QED) is 0.319. The number of amides is 3. The normalized spacial score (nSPS) is 13.9. The van der Waals surface area contributed by atoms with Crippen LogP contribution in [0, 0.1) is 24.7 Å². The lowest BCUT2D eigenvalue weighted by molar-refractivity contribution is -0.134. The first-order valence-corrected chi connectivity index (χ1v) is 12.8. The fraction of sp³-hybridized carbons (Fsp3) is 0.667. The van der Waals surface area contributed by atoms with Crippen LogP contribution in [0.4, 0.5) is 0 Å². The molecular formula is C27H45N3O5. The Morgan fingerprint density at radius 3 is 1.97 bits per heavy atom. The Labute approximate surface area is 210 Å². The lowest BCUT2D eigenvalue weighted by Gasteiger charge is -2.29. The molecule has 0 aromatic heterocycles. The molecule has 0 aliphatic carbocycles. The van der Waals surface area contributed by atoms with Gasteiger partial charge in [-0.1, -0.05) is 41.5 Å². The molecule has 198 valence electrons. The van der Waals surface area contributed by atoms with E-state index in [0.29, 0.717) is 30.8 Å². The van der Waals surface area contributed by atoms with Gasteiger partial charge in [-0.15, -0.1) is 0 Å². The zero-order chi connectivity index (χ0) is 26.7. The van der Waals surface area contributed by atoms with Gasteiger partial charge in [0, 0.05) is 37.3 Å². The van der Waals surface area contributed by atoms with Crippen molar-refractivity contribution in [1.29, 1.82) is 0 Å². The number of aliphatic hydroxyl groups is 2. The number of hydrogen-bond acceptors (Lipinski definition) is 5. The molecule has 1 aromatic carbocycles. The Bertz CT molecular complexity index is 834. The van der Waals surface area contributed by atoms with E-state index in [-0.39, 0.29) is 30.2 Å². The molecule has 0 saturated heterocycles. The van der Waals surface area contributed by atoms with Crippen LogP contribution in [0.5, 0.6) is 0 Å². The van der Waals surface area contributed by atoms with Gasteiger partial charge in [-0.3, -0.25) is 14.4 Å². The molecule has 8 nitrogen and oxygen atoms in total. The number of nitrogens with one attached hydrogen (secondary N) is 2. The highest BCUT2D eigenvalue weighted by Gasteiger charge is 2.34. The van der Waals surface area contributed by atoms with Gasteiger partial charge in [0.05, 0.1) is 18.1 Å². The maximum atomic E-state index is 13.0. The SMILES string of the molecule is CCCN(CCC)C(=O)c1cc(C)cc(C(=O)NCC(O)C(O)C(C(=O)NCC(C)C)C(C)C)c1. The average molecular weight is 492 g/mol. The molecule has 0 bridgehead atoms. The van der Waals surface area contributed by atoms with Crippen molar-refractivity contribution in [2.24, 2.45) is 17.8 Å². The van der Waals surface area contributed by atoms with Crippen molar-refractivity contribution in [2.75, 3.05) is 26.2 Å². The summed E-state index contributed by atoms with van der Waals surface area (Å²) >= 11 is 0. The first kappa shape index (κ1) is 30.6. The van der Waals surface area contributed by atoms with E-state index in [2.05, 4.69) is 10.6 Å². The van der Waals surface area contributed by atoms with E-state index in [1.807, 2.05) is 34.6 Å².